The van der Waals surface area contributed by atoms with E-state index in [-0.39, 0.29) is 27.1 Å². The molecule has 6 aliphatic rings. The molecule has 688 valence electrons. The Morgan fingerprint density at radius 1 is 0.142 bits per heavy atom. The lowest BCUT2D eigenvalue weighted by molar-refractivity contribution is 0.590. The van der Waals surface area contributed by atoms with E-state index in [0.29, 0.717) is 0 Å². The van der Waals surface area contributed by atoms with Crippen molar-refractivity contribution in [3.05, 3.63) is 381 Å². The maximum atomic E-state index is 6.14. The van der Waals surface area contributed by atoms with E-state index in [4.69, 9.17) is 29.9 Å². The molecule has 24 bridgehead atoms. The van der Waals surface area contributed by atoms with Crippen LogP contribution in [0.5, 0.6) is 0 Å². The molecule has 12 heteroatoms. The molecule has 23 rings (SSSR count). The summed E-state index contributed by atoms with van der Waals surface area (Å²) in [5.41, 5.74) is 45.4. The Morgan fingerprint density at radius 2 is 0.270 bits per heavy atom. The zero-order valence-electron chi connectivity index (χ0n) is 82.7. The highest BCUT2D eigenvalue weighted by Gasteiger charge is 2.30. The molecule has 12 nitrogen and oxygen atoms in total. The third-order valence-corrected chi connectivity index (χ3v) is 28.4. The predicted molar refractivity (Wildman–Crippen MR) is 596 cm³/mol. The van der Waals surface area contributed by atoms with Crippen LogP contribution in [-0.2, 0) is 27.1 Å². The zero-order chi connectivity index (χ0) is 96.9. The minimum Gasteiger partial charge on any atom is -0.354 e. The van der Waals surface area contributed by atoms with Crippen molar-refractivity contribution in [2.24, 2.45) is 0 Å². The van der Waals surface area contributed by atoms with E-state index < -0.39 is 0 Å². The first-order valence-electron chi connectivity index (χ1n) is 49.1. The summed E-state index contributed by atoms with van der Waals surface area (Å²) in [4.78, 5) is 60.7. The number of rotatable bonds is 10. The van der Waals surface area contributed by atoms with Gasteiger partial charge in [0.15, 0.2) is 0 Å². The van der Waals surface area contributed by atoms with Gasteiger partial charge in [0.25, 0.3) is 0 Å². The normalized spacial score (nSPS) is 13.1. The van der Waals surface area contributed by atoms with E-state index >= 15 is 0 Å². The summed E-state index contributed by atoms with van der Waals surface area (Å²) in [7, 11) is 0. The number of H-pyrrole nitrogens is 6. The van der Waals surface area contributed by atoms with Crippen molar-refractivity contribution in [1.82, 2.24) is 59.8 Å². The Kier molecular flexibility index (Phi) is 21.4. The van der Waals surface area contributed by atoms with Crippen molar-refractivity contribution in [3.8, 4) is 111 Å². The number of benzene rings is 8. The van der Waals surface area contributed by atoms with E-state index in [1.54, 1.807) is 0 Å². The molecular formula is C129H112N12. The summed E-state index contributed by atoms with van der Waals surface area (Å²) in [5.74, 6) is 0. The maximum absolute atomic E-state index is 6.14. The van der Waals surface area contributed by atoms with Gasteiger partial charge in [-0.25, -0.2) is 29.9 Å². The van der Waals surface area contributed by atoms with Crippen molar-refractivity contribution in [3.63, 3.8) is 0 Å². The highest BCUT2D eigenvalue weighted by atomic mass is 14.8. The second-order valence-corrected chi connectivity index (χ2v) is 43.2. The molecule has 0 saturated carbocycles. The lowest BCUT2D eigenvalue weighted by atomic mass is 9.86. The van der Waals surface area contributed by atoms with Crippen molar-refractivity contribution in [2.45, 2.75) is 138 Å². The number of aryl methyl sites for hydroxylation is 1. The van der Waals surface area contributed by atoms with Crippen LogP contribution in [0.3, 0.4) is 0 Å². The lowest BCUT2D eigenvalue weighted by Crippen LogP contribution is -2.10. The zero-order valence-corrected chi connectivity index (χ0v) is 82.7. The summed E-state index contributed by atoms with van der Waals surface area (Å²) >= 11 is 0. The third kappa shape index (κ3) is 16.4. The number of hydrogen-bond acceptors (Lipinski definition) is 6. The largest absolute Gasteiger partial charge is 0.354 e. The molecule has 0 unspecified atom stereocenters. The highest BCUT2D eigenvalue weighted by Crippen LogP contribution is 2.49. The molecule has 0 saturated heterocycles. The van der Waals surface area contributed by atoms with Crippen LogP contribution in [0.15, 0.2) is 279 Å². The van der Waals surface area contributed by atoms with Gasteiger partial charge >= 0.3 is 0 Å². The monoisotopic (exact) mass is 1830 g/mol. The van der Waals surface area contributed by atoms with Gasteiger partial charge in [0.2, 0.25) is 0 Å². The van der Waals surface area contributed by atoms with Gasteiger partial charge in [0.1, 0.15) is 0 Å². The highest BCUT2D eigenvalue weighted by molar-refractivity contribution is 6.09. The molecule has 141 heavy (non-hydrogen) atoms. The Morgan fingerprint density at radius 3 is 0.418 bits per heavy atom. The number of nitrogens with one attached hydrogen (secondary N) is 6. The average Bonchev–Trinajstić information content (AvgIpc) is 1.59. The molecule has 9 aromatic heterocycles. The van der Waals surface area contributed by atoms with E-state index in [9.17, 15) is 0 Å². The Balaban J connectivity index is 0.863. The Hall–Kier alpha value is -16.4. The average molecular weight is 1830 g/mol. The van der Waals surface area contributed by atoms with Crippen LogP contribution in [0.1, 0.15) is 206 Å². The first kappa shape index (κ1) is 88.5. The van der Waals surface area contributed by atoms with Crippen LogP contribution in [0, 0.1) is 6.92 Å². The summed E-state index contributed by atoms with van der Waals surface area (Å²) in [6, 6.07) is 102. The van der Waals surface area contributed by atoms with Crippen molar-refractivity contribution in [1.29, 1.82) is 0 Å². The minimum absolute atomic E-state index is 0.0909. The molecule has 0 amide bonds. The number of aromatic nitrogens is 12. The third-order valence-electron chi connectivity index (χ3n) is 28.4. The summed E-state index contributed by atoms with van der Waals surface area (Å²) in [6.07, 6.45) is 26.3. The van der Waals surface area contributed by atoms with Crippen LogP contribution < -0.4 is 0 Å². The van der Waals surface area contributed by atoms with Gasteiger partial charge in [0, 0.05) is 133 Å². The second-order valence-electron chi connectivity index (χ2n) is 43.2. The van der Waals surface area contributed by atoms with Gasteiger partial charge in [-0.2, -0.15) is 0 Å². The van der Waals surface area contributed by atoms with E-state index in [1.165, 1.54) is 27.8 Å². The van der Waals surface area contributed by atoms with Crippen LogP contribution in [0.2, 0.25) is 0 Å². The maximum Gasteiger partial charge on any atom is 0.0738 e. The fourth-order valence-electron chi connectivity index (χ4n) is 20.7. The van der Waals surface area contributed by atoms with Crippen LogP contribution in [0.25, 0.3) is 250 Å². The first-order chi connectivity index (χ1) is 67.9. The van der Waals surface area contributed by atoms with Gasteiger partial charge < -0.3 is 29.9 Å². The Bertz CT molecular complexity index is 8540. The number of aromatic amines is 6. The molecule has 6 N–H and O–H groups in total. The molecule has 0 atom stereocenters. The second kappa shape index (κ2) is 34.0. The van der Waals surface area contributed by atoms with Gasteiger partial charge in [-0.15, -0.1) is 0 Å². The smallest absolute Gasteiger partial charge is 0.0738 e. The van der Waals surface area contributed by atoms with Gasteiger partial charge in [-0.1, -0.05) is 316 Å². The first-order valence-corrected chi connectivity index (χ1v) is 49.1. The molecule has 0 spiro atoms. The van der Waals surface area contributed by atoms with E-state index in [2.05, 4.69) is 493 Å². The summed E-state index contributed by atoms with van der Waals surface area (Å²) < 4.78 is 0. The standard InChI is InChI=1S/C129H112N12/c1-75-27-29-78(30-28-75)115-93-55-51-89(130-93)113(76-23-19-17-20-24-76)90-52-56-94(131-90)116(79-31-41-84(42-32-79)125(2,3)4)98-60-68-106(135-98)121(105-67-59-97(115)134-105)123-109-71-63-101(138-109)119(82-37-47-87(48-38-82)128(11,12)13)103-65-73-111(140-103)124(112-74-66-104(141-112)120(102-64-72-110(123)139-102)83-39-49-88(50-40-83)129(14,15)16)122-107-69-61-99(136-107)117(80-33-43-85(44-34-80)126(5,6)7)95-57-53-91(132-95)114(77-25-21-18-22-26-77)92-54-58-96(133-92)118(100-62-70-108(122)137-100)81-35-45-86(46-36-81)127(8,9)10/h17-74,130,132,135,137-138,141H,1-16H3. The Labute approximate surface area is 823 Å². The number of nitrogens with zero attached hydrogens (tertiary/aromatic N) is 6. The molecule has 6 aliphatic heterocycles. The van der Waals surface area contributed by atoms with Crippen molar-refractivity contribution >= 4 is 139 Å². The molecule has 0 aliphatic carbocycles. The molecular weight excluding hydrogens is 1720 g/mol. The van der Waals surface area contributed by atoms with E-state index in [1.807, 2.05) is 0 Å². The number of fused-ring (bicyclic) bond motifs is 24. The molecule has 0 fully saturated rings. The van der Waals surface area contributed by atoms with Gasteiger partial charge in [-0.05, 0) is 252 Å². The SMILES string of the molecule is Cc1ccc(-c2c3nc(c(-c4c5nc(c(-c6ccc(C(C)(C)C)cc6)c6ccc([nH]6)c(-c6c7nc(c(-c8ccc(C(C)(C)C)cc8)c8ccc([nH]8)c(-c8ccccc8)c8nc(c(-c9ccc(C(C)(C)C)cc9)c9ccc6[nH]9)C=C8)C=C7)c6nc(c(-c7ccc(C(C)(C)C)cc7)c7ccc4[nH]7)C=C6)C=C5)c4ccc([nH]4)c(-c4ccc(C(C)(C)C)cc4)c4nc(c(-c5ccccc5)c5ccc2[nH]5)C=C4)C=C3)cc1. The topological polar surface area (TPSA) is 172 Å². The summed E-state index contributed by atoms with van der Waals surface area (Å²) in [5, 5.41) is 0. The minimum atomic E-state index is -0.146. The van der Waals surface area contributed by atoms with Crippen LogP contribution in [0.4, 0.5) is 0 Å². The predicted octanol–water partition coefficient (Wildman–Crippen LogP) is 34.1. The van der Waals surface area contributed by atoms with Gasteiger partial charge in [0.05, 0.1) is 68.3 Å². The molecule has 15 heterocycles. The molecule has 17 aromatic rings. The lowest BCUT2D eigenvalue weighted by Gasteiger charge is -2.19. The van der Waals surface area contributed by atoms with Crippen LogP contribution in [-0.4, -0.2) is 59.8 Å². The van der Waals surface area contributed by atoms with E-state index in [0.717, 1.165) is 251 Å². The van der Waals surface area contributed by atoms with Gasteiger partial charge in [-0.3, -0.25) is 0 Å². The molecule has 8 aromatic carbocycles. The fourth-order valence-corrected chi connectivity index (χ4v) is 20.7. The summed E-state index contributed by atoms with van der Waals surface area (Å²) in [6.45, 7) is 36.2. The number of hydrogen-bond donors (Lipinski definition) is 6. The quantitative estimate of drug-likeness (QED) is 0.0795. The molecule has 0 radical (unpaired) electrons. The van der Waals surface area contributed by atoms with Crippen molar-refractivity contribution in [2.75, 3.05) is 0 Å². The van der Waals surface area contributed by atoms with Crippen molar-refractivity contribution < 1.29 is 0 Å². The van der Waals surface area contributed by atoms with Crippen LogP contribution >= 0.6 is 0 Å². The fraction of sp³-hybridized carbons (Fsp3) is 0.163.